The Hall–Kier alpha value is -1.57. The van der Waals surface area contributed by atoms with Crippen LogP contribution in [-0.2, 0) is 37.4 Å². The van der Waals surface area contributed by atoms with Gasteiger partial charge >= 0.3 is 7.60 Å². The first-order valence-corrected chi connectivity index (χ1v) is 11.5. The number of methoxy groups -OCH3 is 1. The Morgan fingerprint density at radius 1 is 1.16 bits per heavy atom. The molecule has 176 valence electrons. The van der Waals surface area contributed by atoms with E-state index in [-0.39, 0.29) is 32.2 Å². The quantitative estimate of drug-likeness (QED) is 0.212. The van der Waals surface area contributed by atoms with Gasteiger partial charge in [0.2, 0.25) is 5.91 Å². The van der Waals surface area contributed by atoms with Crippen LogP contribution < -0.4 is 0 Å². The minimum atomic E-state index is -3.69. The van der Waals surface area contributed by atoms with Crippen molar-refractivity contribution in [3.05, 3.63) is 11.8 Å². The topological polar surface area (TPSA) is 121 Å². The third-order valence-electron chi connectivity index (χ3n) is 4.28. The molecule has 1 heterocycles. The molecule has 0 radical (unpaired) electrons. The largest absolute Gasteiger partial charge is 0.405 e. The first kappa shape index (κ1) is 27.5. The second-order valence-corrected chi connectivity index (χ2v) is 8.38. The van der Waals surface area contributed by atoms with Crippen LogP contribution in [0.1, 0.15) is 34.6 Å². The van der Waals surface area contributed by atoms with Crippen molar-refractivity contribution in [2.75, 3.05) is 33.5 Å². The number of aliphatic hydroxyl groups is 1. The zero-order valence-corrected chi connectivity index (χ0v) is 19.7. The number of hydrogen-bond acceptors (Lipinski definition) is 9. The highest BCUT2D eigenvalue weighted by molar-refractivity contribution is 7.59. The molecule has 0 aromatic carbocycles. The summed E-state index contributed by atoms with van der Waals surface area (Å²) in [6.07, 6.45) is -3.14. The normalized spacial score (nSPS) is 23.9. The van der Waals surface area contributed by atoms with Crippen molar-refractivity contribution in [1.82, 2.24) is 4.90 Å². The lowest BCUT2D eigenvalue weighted by atomic mass is 10.1. The third-order valence-corrected chi connectivity index (χ3v) is 5.88. The predicted octanol–water partition coefficient (Wildman–Crippen LogP) is 1.67. The number of ether oxygens (including phenoxy) is 3. The molecule has 1 rings (SSSR count). The molecule has 0 saturated carbocycles. The van der Waals surface area contributed by atoms with Crippen LogP contribution in [0.3, 0.4) is 0 Å². The van der Waals surface area contributed by atoms with E-state index in [0.717, 1.165) is 0 Å². The summed E-state index contributed by atoms with van der Waals surface area (Å²) in [7, 11) is -2.20. The van der Waals surface area contributed by atoms with Crippen LogP contribution in [0.15, 0.2) is 11.8 Å². The van der Waals surface area contributed by atoms with Gasteiger partial charge in [0.05, 0.1) is 26.4 Å². The first-order chi connectivity index (χ1) is 14.6. The van der Waals surface area contributed by atoms with Crippen LogP contribution in [0, 0.1) is 11.6 Å². The molecule has 0 spiro atoms. The molecule has 1 aliphatic heterocycles. The average Bonchev–Trinajstić information content (AvgIpc) is 3.00. The summed E-state index contributed by atoms with van der Waals surface area (Å²) in [5.74, 6) is 1.93. The van der Waals surface area contributed by atoms with Crippen molar-refractivity contribution in [2.24, 2.45) is 0 Å². The molecule has 0 aliphatic carbocycles. The van der Waals surface area contributed by atoms with Gasteiger partial charge in [0, 0.05) is 31.5 Å². The fourth-order valence-corrected chi connectivity index (χ4v) is 3.84. The predicted molar refractivity (Wildman–Crippen MR) is 112 cm³/mol. The Balaban J connectivity index is 3.26. The second-order valence-electron chi connectivity index (χ2n) is 6.65. The van der Waals surface area contributed by atoms with E-state index in [1.165, 1.54) is 32.1 Å². The maximum absolute atomic E-state index is 12.6. The van der Waals surface area contributed by atoms with E-state index >= 15 is 0 Å². The van der Waals surface area contributed by atoms with Gasteiger partial charge in [-0.1, -0.05) is 5.92 Å². The van der Waals surface area contributed by atoms with E-state index in [9.17, 15) is 19.3 Å². The minimum absolute atomic E-state index is 0.121. The molecule has 0 aromatic rings. The van der Waals surface area contributed by atoms with Gasteiger partial charge in [-0.25, -0.2) is 4.57 Å². The summed E-state index contributed by atoms with van der Waals surface area (Å²) in [5, 5.41) is 10.8. The Labute approximate surface area is 183 Å². The van der Waals surface area contributed by atoms with Gasteiger partial charge in [0.25, 0.3) is 0 Å². The second kappa shape index (κ2) is 13.1. The lowest BCUT2D eigenvalue weighted by Gasteiger charge is -2.29. The molecule has 1 amide bonds. The first-order valence-electron chi connectivity index (χ1n) is 9.94. The van der Waals surface area contributed by atoms with E-state index in [4.69, 9.17) is 23.3 Å². The van der Waals surface area contributed by atoms with Crippen molar-refractivity contribution >= 4 is 19.3 Å². The van der Waals surface area contributed by atoms with Crippen LogP contribution in [0.25, 0.3) is 0 Å². The monoisotopic (exact) mass is 461 g/mol. The van der Waals surface area contributed by atoms with E-state index in [1.54, 1.807) is 20.8 Å². The maximum atomic E-state index is 12.6. The van der Waals surface area contributed by atoms with Gasteiger partial charge in [-0.15, -0.1) is 0 Å². The summed E-state index contributed by atoms with van der Waals surface area (Å²) in [6, 6.07) is 0. The molecule has 1 aliphatic rings. The van der Waals surface area contributed by atoms with Gasteiger partial charge in [0.15, 0.2) is 12.0 Å². The molecule has 0 unspecified atom stereocenters. The fourth-order valence-electron chi connectivity index (χ4n) is 2.67. The molecular weight excluding hydrogens is 429 g/mol. The molecule has 31 heavy (non-hydrogen) atoms. The van der Waals surface area contributed by atoms with E-state index < -0.39 is 38.0 Å². The summed E-state index contributed by atoms with van der Waals surface area (Å²) in [4.78, 5) is 25.1. The number of carbonyl (C=O) groups is 2. The molecule has 1 fully saturated rings. The van der Waals surface area contributed by atoms with Gasteiger partial charge in [-0.2, -0.15) is 0 Å². The smallest absolute Gasteiger partial charge is 0.386 e. The van der Waals surface area contributed by atoms with E-state index in [0.29, 0.717) is 5.57 Å². The number of aliphatic hydroxyl groups excluding tert-OH is 1. The lowest BCUT2D eigenvalue weighted by Crippen LogP contribution is -2.45. The molecule has 1 N–H and O–H groups in total. The lowest BCUT2D eigenvalue weighted by molar-refractivity contribution is -0.145. The zero-order valence-electron chi connectivity index (χ0n) is 18.8. The summed E-state index contributed by atoms with van der Waals surface area (Å²) in [6.45, 7) is 8.14. The number of ketones is 1. The SMILES string of the molecule is CCOP(=O)(C#C[C@H]1O[C@@H](N(/C=C(/C)C(C)=O)C(C)=O)[C@H](OCCOC)[C@@H]1O)OCC. The van der Waals surface area contributed by atoms with Crippen LogP contribution >= 0.6 is 7.60 Å². The Morgan fingerprint density at radius 3 is 2.26 bits per heavy atom. The molecule has 0 bridgehead atoms. The summed E-state index contributed by atoms with van der Waals surface area (Å²) in [5.41, 5.74) is 2.74. The fraction of sp³-hybridized carbons (Fsp3) is 0.700. The van der Waals surface area contributed by atoms with Gasteiger partial charge in [0.1, 0.15) is 18.3 Å². The van der Waals surface area contributed by atoms with Crippen molar-refractivity contribution in [3.63, 3.8) is 0 Å². The Morgan fingerprint density at radius 2 is 1.77 bits per heavy atom. The molecule has 10 nitrogen and oxygen atoms in total. The van der Waals surface area contributed by atoms with Gasteiger partial charge < -0.3 is 19.3 Å². The number of hydrogen-bond donors (Lipinski definition) is 1. The van der Waals surface area contributed by atoms with Crippen LogP contribution in [0.4, 0.5) is 0 Å². The van der Waals surface area contributed by atoms with Gasteiger partial charge in [-0.05, 0) is 27.7 Å². The third kappa shape index (κ3) is 8.13. The van der Waals surface area contributed by atoms with Crippen molar-refractivity contribution in [3.8, 4) is 11.6 Å². The number of allylic oxidation sites excluding steroid dienone is 1. The maximum Gasteiger partial charge on any atom is 0.405 e. The van der Waals surface area contributed by atoms with Crippen molar-refractivity contribution < 1.29 is 42.5 Å². The molecule has 11 heteroatoms. The molecule has 0 aromatic heterocycles. The zero-order chi connectivity index (χ0) is 23.6. The van der Waals surface area contributed by atoms with Crippen LogP contribution in [-0.4, -0.2) is 79.8 Å². The average molecular weight is 461 g/mol. The Kier molecular flexibility index (Phi) is 11.6. The van der Waals surface area contributed by atoms with Crippen LogP contribution in [0.2, 0.25) is 0 Å². The van der Waals surface area contributed by atoms with Gasteiger partial charge in [-0.3, -0.25) is 23.5 Å². The number of amides is 1. The van der Waals surface area contributed by atoms with Crippen molar-refractivity contribution in [2.45, 2.75) is 59.2 Å². The number of rotatable bonds is 11. The van der Waals surface area contributed by atoms with E-state index in [1.807, 2.05) is 0 Å². The van der Waals surface area contributed by atoms with Crippen molar-refractivity contribution in [1.29, 1.82) is 0 Å². The Bertz CT molecular complexity index is 747. The highest BCUT2D eigenvalue weighted by atomic mass is 31.2. The van der Waals surface area contributed by atoms with E-state index in [2.05, 4.69) is 11.6 Å². The van der Waals surface area contributed by atoms with Crippen LogP contribution in [0.5, 0.6) is 0 Å². The number of Topliss-reactive ketones (excluding diaryl/α,β-unsaturated/α-hetero) is 1. The minimum Gasteiger partial charge on any atom is -0.386 e. The number of nitrogens with zero attached hydrogens (tertiary/aromatic N) is 1. The highest BCUT2D eigenvalue weighted by Crippen LogP contribution is 2.46. The molecule has 1 saturated heterocycles. The summed E-state index contributed by atoms with van der Waals surface area (Å²) >= 11 is 0. The molecule has 4 atom stereocenters. The number of carbonyl (C=O) groups excluding carboxylic acids is 2. The molecular formula is C20H32NO9P. The standard InChI is InChI=1S/C20H32NO9P/c1-7-28-31(25,29-8-2)12-9-17-18(24)19(27-11-10-26-6)20(30-17)21(16(5)23)13-14(3)15(4)22/h13,17-20,24H,7-8,10-11H2,1-6H3/b14-13-/t17-,18-,19-,20-/m1/s1. The highest BCUT2D eigenvalue weighted by Gasteiger charge is 2.47. The summed E-state index contributed by atoms with van der Waals surface area (Å²) < 4.78 is 39.3.